The predicted molar refractivity (Wildman–Crippen MR) is 74.9 cm³/mol. The Kier molecular flexibility index (Phi) is 5.16. The number of nitrogen functional groups attached to an aromatic ring is 1. The van der Waals surface area contributed by atoms with Gasteiger partial charge < -0.3 is 11.5 Å². The van der Waals surface area contributed by atoms with Crippen LogP contribution in [0.15, 0.2) is 24.3 Å². The van der Waals surface area contributed by atoms with Crippen LogP contribution in [0.4, 0.5) is 5.69 Å². The van der Waals surface area contributed by atoms with Gasteiger partial charge in [0.25, 0.3) is 0 Å². The second kappa shape index (κ2) is 6.40. The maximum absolute atomic E-state index is 11.1. The number of nitrogens with zero attached hydrogens (tertiary/aromatic N) is 1. The molecule has 0 aromatic heterocycles. The standard InChI is InChI=1S/C14H23N3O/c1-10(2)8-17(9-14(16)18)11(3)12-5-4-6-13(15)7-12/h4-7,10-11H,8-9,15H2,1-3H3,(H2,16,18). The molecular weight excluding hydrogens is 226 g/mol. The van der Waals surface area contributed by atoms with Gasteiger partial charge in [-0.25, -0.2) is 0 Å². The second-order valence-corrected chi connectivity index (χ2v) is 5.14. The van der Waals surface area contributed by atoms with Crippen molar-refractivity contribution in [3.8, 4) is 0 Å². The molecule has 4 heteroatoms. The molecule has 1 aromatic rings. The average molecular weight is 249 g/mol. The summed E-state index contributed by atoms with van der Waals surface area (Å²) in [6.07, 6.45) is 0. The Morgan fingerprint density at radius 3 is 2.50 bits per heavy atom. The van der Waals surface area contributed by atoms with Crippen LogP contribution < -0.4 is 11.5 Å². The summed E-state index contributed by atoms with van der Waals surface area (Å²) in [5.74, 6) is 0.180. The Morgan fingerprint density at radius 1 is 1.33 bits per heavy atom. The van der Waals surface area contributed by atoms with Gasteiger partial charge >= 0.3 is 0 Å². The zero-order valence-electron chi connectivity index (χ0n) is 11.4. The molecular formula is C14H23N3O. The topological polar surface area (TPSA) is 72.3 Å². The molecule has 0 aliphatic rings. The molecule has 1 amide bonds. The van der Waals surface area contributed by atoms with Crippen molar-refractivity contribution < 1.29 is 4.79 Å². The first-order chi connectivity index (χ1) is 8.40. The summed E-state index contributed by atoms with van der Waals surface area (Å²) in [6, 6.07) is 7.88. The van der Waals surface area contributed by atoms with Gasteiger partial charge in [0.2, 0.25) is 5.91 Å². The lowest BCUT2D eigenvalue weighted by atomic mass is 10.0. The molecule has 0 bridgehead atoms. The molecule has 0 saturated carbocycles. The Hall–Kier alpha value is -1.55. The van der Waals surface area contributed by atoms with E-state index in [1.165, 1.54) is 0 Å². The van der Waals surface area contributed by atoms with Crippen molar-refractivity contribution in [2.24, 2.45) is 11.7 Å². The fraction of sp³-hybridized carbons (Fsp3) is 0.500. The molecule has 1 atom stereocenters. The highest BCUT2D eigenvalue weighted by atomic mass is 16.1. The van der Waals surface area contributed by atoms with Crippen molar-refractivity contribution in [3.63, 3.8) is 0 Å². The monoisotopic (exact) mass is 249 g/mol. The maximum Gasteiger partial charge on any atom is 0.231 e. The third-order valence-corrected chi connectivity index (χ3v) is 2.90. The summed E-state index contributed by atoms with van der Waals surface area (Å²) < 4.78 is 0. The molecule has 4 N–H and O–H groups in total. The van der Waals surface area contributed by atoms with Crippen LogP contribution in [0.2, 0.25) is 0 Å². The van der Waals surface area contributed by atoms with Gasteiger partial charge in [-0.05, 0) is 30.5 Å². The molecule has 18 heavy (non-hydrogen) atoms. The highest BCUT2D eigenvalue weighted by molar-refractivity contribution is 5.76. The second-order valence-electron chi connectivity index (χ2n) is 5.14. The Morgan fingerprint density at radius 2 is 2.00 bits per heavy atom. The van der Waals surface area contributed by atoms with Crippen molar-refractivity contribution in [1.29, 1.82) is 0 Å². The van der Waals surface area contributed by atoms with E-state index in [0.29, 0.717) is 5.92 Å². The minimum atomic E-state index is -0.300. The predicted octanol–water partition coefficient (Wildman–Crippen LogP) is 1.77. The van der Waals surface area contributed by atoms with Gasteiger partial charge in [-0.2, -0.15) is 0 Å². The molecule has 0 radical (unpaired) electrons. The van der Waals surface area contributed by atoms with Gasteiger partial charge in [-0.3, -0.25) is 9.69 Å². The van der Waals surface area contributed by atoms with Crippen LogP contribution in [-0.2, 0) is 4.79 Å². The quantitative estimate of drug-likeness (QED) is 0.755. The van der Waals surface area contributed by atoms with E-state index in [-0.39, 0.29) is 18.5 Å². The Balaban J connectivity index is 2.86. The van der Waals surface area contributed by atoms with Crippen LogP contribution in [-0.4, -0.2) is 23.9 Å². The lowest BCUT2D eigenvalue weighted by Gasteiger charge is -2.29. The van der Waals surface area contributed by atoms with E-state index in [2.05, 4.69) is 25.7 Å². The average Bonchev–Trinajstić information content (AvgIpc) is 2.26. The number of carbonyl (C=O) groups is 1. The van der Waals surface area contributed by atoms with Gasteiger partial charge in [0.1, 0.15) is 0 Å². The number of primary amides is 1. The summed E-state index contributed by atoms with van der Waals surface area (Å²) in [5.41, 5.74) is 12.9. The first-order valence-electron chi connectivity index (χ1n) is 6.28. The number of benzene rings is 1. The zero-order chi connectivity index (χ0) is 13.7. The molecule has 0 fully saturated rings. The van der Waals surface area contributed by atoms with Gasteiger partial charge in [0.15, 0.2) is 0 Å². The van der Waals surface area contributed by atoms with E-state index in [0.717, 1.165) is 17.8 Å². The largest absolute Gasteiger partial charge is 0.399 e. The van der Waals surface area contributed by atoms with Crippen LogP contribution in [0.5, 0.6) is 0 Å². The number of hydrogen-bond acceptors (Lipinski definition) is 3. The van der Waals surface area contributed by atoms with E-state index < -0.39 is 0 Å². The van der Waals surface area contributed by atoms with Gasteiger partial charge in [0.05, 0.1) is 6.54 Å². The highest BCUT2D eigenvalue weighted by Gasteiger charge is 2.18. The van der Waals surface area contributed by atoms with Crippen LogP contribution in [0.1, 0.15) is 32.4 Å². The molecule has 1 aromatic carbocycles. The lowest BCUT2D eigenvalue weighted by Crippen LogP contribution is -2.38. The fourth-order valence-corrected chi connectivity index (χ4v) is 2.06. The number of carbonyl (C=O) groups excluding carboxylic acids is 1. The number of hydrogen-bond donors (Lipinski definition) is 2. The van der Waals surface area contributed by atoms with Gasteiger partial charge in [-0.15, -0.1) is 0 Å². The summed E-state index contributed by atoms with van der Waals surface area (Å²) >= 11 is 0. The third kappa shape index (κ3) is 4.37. The molecule has 1 unspecified atom stereocenters. The van der Waals surface area contributed by atoms with Crippen molar-refractivity contribution in [3.05, 3.63) is 29.8 Å². The minimum Gasteiger partial charge on any atom is -0.399 e. The molecule has 0 aliphatic carbocycles. The smallest absolute Gasteiger partial charge is 0.231 e. The molecule has 0 aliphatic heterocycles. The van der Waals surface area contributed by atoms with Crippen LogP contribution >= 0.6 is 0 Å². The summed E-state index contributed by atoms with van der Waals surface area (Å²) in [7, 11) is 0. The van der Waals surface area contributed by atoms with Crippen LogP contribution in [0, 0.1) is 5.92 Å². The van der Waals surface area contributed by atoms with E-state index in [9.17, 15) is 4.79 Å². The highest BCUT2D eigenvalue weighted by Crippen LogP contribution is 2.22. The number of amides is 1. The van der Waals surface area contributed by atoms with Crippen molar-refractivity contribution in [2.45, 2.75) is 26.8 Å². The summed E-state index contributed by atoms with van der Waals surface area (Å²) in [5, 5.41) is 0. The SMILES string of the molecule is CC(C)CN(CC(N)=O)C(C)c1cccc(N)c1. The zero-order valence-corrected chi connectivity index (χ0v) is 11.4. The fourth-order valence-electron chi connectivity index (χ4n) is 2.06. The van der Waals surface area contributed by atoms with E-state index in [1.807, 2.05) is 24.3 Å². The van der Waals surface area contributed by atoms with E-state index >= 15 is 0 Å². The first kappa shape index (κ1) is 14.5. The molecule has 0 saturated heterocycles. The summed E-state index contributed by atoms with van der Waals surface area (Å²) in [4.78, 5) is 13.2. The summed E-state index contributed by atoms with van der Waals surface area (Å²) in [6.45, 7) is 7.42. The Bertz CT molecular complexity index is 404. The number of anilines is 1. The van der Waals surface area contributed by atoms with E-state index in [4.69, 9.17) is 11.5 Å². The third-order valence-electron chi connectivity index (χ3n) is 2.90. The lowest BCUT2D eigenvalue weighted by molar-refractivity contribution is -0.119. The van der Waals surface area contributed by atoms with E-state index in [1.54, 1.807) is 0 Å². The maximum atomic E-state index is 11.1. The van der Waals surface area contributed by atoms with Crippen LogP contribution in [0.3, 0.4) is 0 Å². The minimum absolute atomic E-state index is 0.128. The van der Waals surface area contributed by atoms with Crippen molar-refractivity contribution in [1.82, 2.24) is 4.90 Å². The number of nitrogens with two attached hydrogens (primary N) is 2. The molecule has 1 rings (SSSR count). The van der Waals surface area contributed by atoms with Crippen molar-refractivity contribution >= 4 is 11.6 Å². The molecule has 0 heterocycles. The normalized spacial score (nSPS) is 12.9. The molecule has 100 valence electrons. The first-order valence-corrected chi connectivity index (χ1v) is 6.28. The Labute approximate surface area is 109 Å². The van der Waals surface area contributed by atoms with Gasteiger partial charge in [-0.1, -0.05) is 26.0 Å². The van der Waals surface area contributed by atoms with Gasteiger partial charge in [0, 0.05) is 18.3 Å². The molecule has 4 nitrogen and oxygen atoms in total. The molecule has 0 spiro atoms. The van der Waals surface area contributed by atoms with Crippen LogP contribution in [0.25, 0.3) is 0 Å². The number of rotatable bonds is 6. The van der Waals surface area contributed by atoms with Crippen molar-refractivity contribution in [2.75, 3.05) is 18.8 Å².